The van der Waals surface area contributed by atoms with Crippen LogP contribution in [-0.4, -0.2) is 44.5 Å². The van der Waals surface area contributed by atoms with Crippen LogP contribution >= 0.6 is 0 Å². The number of fused-ring (bicyclic) bond motifs is 1. The fraction of sp³-hybridized carbons (Fsp3) is 0.400. The minimum atomic E-state index is -0.0190. The Balaban J connectivity index is 1.56. The molecule has 1 unspecified atom stereocenters. The second-order valence-corrected chi connectivity index (χ2v) is 8.95. The van der Waals surface area contributed by atoms with Gasteiger partial charge in [-0.3, -0.25) is 4.79 Å². The van der Waals surface area contributed by atoms with E-state index in [-0.39, 0.29) is 11.8 Å². The molecule has 0 bridgehead atoms. The lowest BCUT2D eigenvalue weighted by atomic mass is 9.94. The van der Waals surface area contributed by atoms with E-state index in [1.54, 1.807) is 0 Å². The number of likely N-dealkylation sites (tertiary alicyclic amines) is 1. The molecule has 0 radical (unpaired) electrons. The van der Waals surface area contributed by atoms with Gasteiger partial charge in [0.15, 0.2) is 0 Å². The molecule has 2 fully saturated rings. The zero-order chi connectivity index (χ0) is 22.2. The first-order valence-electron chi connectivity index (χ1n) is 11.4. The molecule has 166 valence electrons. The summed E-state index contributed by atoms with van der Waals surface area (Å²) >= 11 is 0. The maximum Gasteiger partial charge on any atom is 0.245 e. The van der Waals surface area contributed by atoms with Gasteiger partial charge in [-0.05, 0) is 43.0 Å². The molecule has 1 saturated carbocycles. The quantitative estimate of drug-likeness (QED) is 0.596. The van der Waals surface area contributed by atoms with Crippen molar-refractivity contribution in [1.29, 1.82) is 0 Å². The molecule has 7 nitrogen and oxygen atoms in total. The van der Waals surface area contributed by atoms with Gasteiger partial charge in [0.2, 0.25) is 5.91 Å². The lowest BCUT2D eigenvalue weighted by Gasteiger charge is -2.17. The Bertz CT molecular complexity index is 1160. The van der Waals surface area contributed by atoms with Gasteiger partial charge in [0.25, 0.3) is 0 Å². The maximum absolute atomic E-state index is 12.2. The van der Waals surface area contributed by atoms with Crippen molar-refractivity contribution in [3.63, 3.8) is 0 Å². The molecule has 3 aromatic rings. The number of carbonyl (C=O) groups excluding carboxylic acids is 1. The zero-order valence-corrected chi connectivity index (χ0v) is 18.6. The molecule has 3 heterocycles. The standard InChI is InChI=1S/C25H30N6O/c1-3-20(32)31-13-12-17(14-31)23-21(22-24(26)27-15-28-25(22)30(23)2)16-8-10-19(11-9-16)29-18-6-4-5-7-18/h3,8-11,15,17-18,29H,1,4-7,12-14H2,2H3,(H2,26,27,28). The first-order valence-corrected chi connectivity index (χ1v) is 11.4. The third-order valence-corrected chi connectivity index (χ3v) is 7.00. The van der Waals surface area contributed by atoms with Crippen LogP contribution in [-0.2, 0) is 11.8 Å². The topological polar surface area (TPSA) is 89.1 Å². The van der Waals surface area contributed by atoms with E-state index < -0.39 is 0 Å². The second-order valence-electron chi connectivity index (χ2n) is 8.95. The highest BCUT2D eigenvalue weighted by molar-refractivity contribution is 6.02. The Hall–Kier alpha value is -3.35. The summed E-state index contributed by atoms with van der Waals surface area (Å²) in [6.07, 6.45) is 8.90. The minimum Gasteiger partial charge on any atom is -0.383 e. The van der Waals surface area contributed by atoms with Gasteiger partial charge < -0.3 is 20.5 Å². The fourth-order valence-electron chi connectivity index (χ4n) is 5.42. The van der Waals surface area contributed by atoms with Gasteiger partial charge in [-0.25, -0.2) is 9.97 Å². The van der Waals surface area contributed by atoms with Crippen LogP contribution in [0.2, 0.25) is 0 Å². The van der Waals surface area contributed by atoms with E-state index in [0.29, 0.717) is 18.4 Å². The van der Waals surface area contributed by atoms with E-state index in [4.69, 9.17) is 5.73 Å². The van der Waals surface area contributed by atoms with E-state index in [1.807, 2.05) is 11.9 Å². The summed E-state index contributed by atoms with van der Waals surface area (Å²) in [5.74, 6) is 0.662. The lowest BCUT2D eigenvalue weighted by molar-refractivity contribution is -0.125. The Morgan fingerprint density at radius 2 is 1.94 bits per heavy atom. The summed E-state index contributed by atoms with van der Waals surface area (Å²) in [4.78, 5) is 22.9. The van der Waals surface area contributed by atoms with Gasteiger partial charge in [0.05, 0.1) is 5.39 Å². The van der Waals surface area contributed by atoms with Crippen LogP contribution in [0.4, 0.5) is 11.5 Å². The average molecular weight is 431 g/mol. The van der Waals surface area contributed by atoms with E-state index in [1.165, 1.54) is 38.1 Å². The Kier molecular flexibility index (Phi) is 5.33. The molecular weight excluding hydrogens is 400 g/mol. The van der Waals surface area contributed by atoms with Gasteiger partial charge in [0.1, 0.15) is 17.8 Å². The molecule has 1 amide bonds. The maximum atomic E-state index is 12.2. The van der Waals surface area contributed by atoms with Crippen LogP contribution in [0, 0.1) is 0 Å². The van der Waals surface area contributed by atoms with E-state index in [9.17, 15) is 4.79 Å². The average Bonchev–Trinajstić information content (AvgIpc) is 3.54. The molecular formula is C25H30N6O. The van der Waals surface area contributed by atoms with Crippen molar-refractivity contribution in [1.82, 2.24) is 19.4 Å². The molecule has 1 aromatic carbocycles. The Labute approximate surface area is 188 Å². The van der Waals surface area contributed by atoms with Crippen LogP contribution in [0.3, 0.4) is 0 Å². The molecule has 1 saturated heterocycles. The SMILES string of the molecule is C=CC(=O)N1CCC(c2c(-c3ccc(NC4CCCC4)cc3)c3c(N)ncnc3n2C)C1. The van der Waals surface area contributed by atoms with E-state index in [2.05, 4.69) is 50.7 Å². The van der Waals surface area contributed by atoms with Crippen molar-refractivity contribution in [2.45, 2.75) is 44.1 Å². The number of aromatic nitrogens is 3. The number of nitrogens with two attached hydrogens (primary N) is 1. The molecule has 0 spiro atoms. The molecule has 5 rings (SSSR count). The van der Waals surface area contributed by atoms with Crippen molar-refractivity contribution in [3.8, 4) is 11.1 Å². The monoisotopic (exact) mass is 430 g/mol. The molecule has 32 heavy (non-hydrogen) atoms. The number of anilines is 2. The molecule has 2 aliphatic rings. The van der Waals surface area contributed by atoms with E-state index in [0.717, 1.165) is 46.5 Å². The minimum absolute atomic E-state index is 0.0190. The predicted octanol–water partition coefficient (Wildman–Crippen LogP) is 4.07. The summed E-state index contributed by atoms with van der Waals surface area (Å²) < 4.78 is 2.12. The van der Waals surface area contributed by atoms with Crippen molar-refractivity contribution >= 4 is 28.4 Å². The molecule has 2 aromatic heterocycles. The zero-order valence-electron chi connectivity index (χ0n) is 18.6. The molecule has 1 aliphatic heterocycles. The van der Waals surface area contributed by atoms with Crippen LogP contribution < -0.4 is 11.1 Å². The third kappa shape index (κ3) is 3.51. The summed E-state index contributed by atoms with van der Waals surface area (Å²) in [5, 5.41) is 4.54. The lowest BCUT2D eigenvalue weighted by Crippen LogP contribution is -2.26. The number of aryl methyl sites for hydroxylation is 1. The van der Waals surface area contributed by atoms with Crippen LogP contribution in [0.5, 0.6) is 0 Å². The van der Waals surface area contributed by atoms with Crippen LogP contribution in [0.25, 0.3) is 22.2 Å². The van der Waals surface area contributed by atoms with Gasteiger partial charge in [-0.15, -0.1) is 0 Å². The van der Waals surface area contributed by atoms with Crippen LogP contribution in [0.15, 0.2) is 43.2 Å². The molecule has 7 heteroatoms. The highest BCUT2D eigenvalue weighted by Crippen LogP contribution is 2.42. The molecule has 1 atom stereocenters. The second kappa shape index (κ2) is 8.30. The summed E-state index contributed by atoms with van der Waals surface area (Å²) in [6.45, 7) is 5.03. The normalized spacial score (nSPS) is 19.0. The van der Waals surface area contributed by atoms with Gasteiger partial charge in [0, 0.05) is 49.0 Å². The predicted molar refractivity (Wildman–Crippen MR) is 128 cm³/mol. The van der Waals surface area contributed by atoms with Crippen molar-refractivity contribution in [2.75, 3.05) is 24.1 Å². The number of benzene rings is 1. The highest BCUT2D eigenvalue weighted by Gasteiger charge is 2.32. The largest absolute Gasteiger partial charge is 0.383 e. The van der Waals surface area contributed by atoms with Gasteiger partial charge >= 0.3 is 0 Å². The van der Waals surface area contributed by atoms with Crippen molar-refractivity contribution in [2.24, 2.45) is 7.05 Å². The fourth-order valence-corrected chi connectivity index (χ4v) is 5.42. The molecule has 1 aliphatic carbocycles. The number of hydrogen-bond acceptors (Lipinski definition) is 5. The van der Waals surface area contributed by atoms with Crippen LogP contribution in [0.1, 0.15) is 43.7 Å². The van der Waals surface area contributed by atoms with Gasteiger partial charge in [-0.2, -0.15) is 0 Å². The van der Waals surface area contributed by atoms with Crippen molar-refractivity contribution in [3.05, 3.63) is 48.9 Å². The number of hydrogen-bond donors (Lipinski definition) is 2. The summed E-state index contributed by atoms with van der Waals surface area (Å²) in [7, 11) is 2.03. The number of rotatable bonds is 5. The number of amides is 1. The smallest absolute Gasteiger partial charge is 0.245 e. The molecule has 3 N–H and O–H groups in total. The number of carbonyl (C=O) groups is 1. The van der Waals surface area contributed by atoms with Crippen molar-refractivity contribution < 1.29 is 4.79 Å². The number of nitrogen functional groups attached to an aromatic ring is 1. The van der Waals surface area contributed by atoms with Gasteiger partial charge in [-0.1, -0.05) is 31.6 Å². The Morgan fingerprint density at radius 1 is 1.19 bits per heavy atom. The summed E-state index contributed by atoms with van der Waals surface area (Å²) in [5.41, 5.74) is 11.7. The first kappa shape index (κ1) is 20.5. The number of nitrogens with zero attached hydrogens (tertiary/aromatic N) is 4. The Morgan fingerprint density at radius 3 is 2.66 bits per heavy atom. The van der Waals surface area contributed by atoms with E-state index >= 15 is 0 Å². The third-order valence-electron chi connectivity index (χ3n) is 7.00. The summed E-state index contributed by atoms with van der Waals surface area (Å²) in [6, 6.07) is 9.19. The number of nitrogens with one attached hydrogen (secondary N) is 1. The highest BCUT2D eigenvalue weighted by atomic mass is 16.2. The first-order chi connectivity index (χ1) is 15.6.